The van der Waals surface area contributed by atoms with Crippen LogP contribution in [0.4, 0.5) is 0 Å². The zero-order valence-electron chi connectivity index (χ0n) is 17.3. The van der Waals surface area contributed by atoms with Crippen molar-refractivity contribution in [3.8, 4) is 11.5 Å². The van der Waals surface area contributed by atoms with Crippen LogP contribution in [0, 0.1) is 3.57 Å². The van der Waals surface area contributed by atoms with Gasteiger partial charge < -0.3 is 19.7 Å². The summed E-state index contributed by atoms with van der Waals surface area (Å²) >= 11 is 8.30. The summed E-state index contributed by atoms with van der Waals surface area (Å²) in [5.41, 5.74) is 1.12. The largest absolute Gasteiger partial charge is 0.493 e. The van der Waals surface area contributed by atoms with E-state index in [1.54, 1.807) is 54.5 Å². The lowest BCUT2D eigenvalue weighted by atomic mass is 10.1. The maximum absolute atomic E-state index is 13.1. The summed E-state index contributed by atoms with van der Waals surface area (Å²) in [5.74, 6) is 0.351. The summed E-state index contributed by atoms with van der Waals surface area (Å²) < 4.78 is 11.5. The van der Waals surface area contributed by atoms with E-state index < -0.39 is 5.91 Å². The van der Waals surface area contributed by atoms with Crippen LogP contribution in [-0.2, 0) is 4.79 Å². The Bertz CT molecular complexity index is 958. The summed E-state index contributed by atoms with van der Waals surface area (Å²) in [4.78, 5) is 27.6. The van der Waals surface area contributed by atoms with Crippen LogP contribution >= 0.6 is 34.2 Å². The molecule has 2 amide bonds. The third kappa shape index (κ3) is 5.89. The summed E-state index contributed by atoms with van der Waals surface area (Å²) in [6.45, 7) is 4.79. The Hall–Kier alpha value is -2.26. The normalized spacial score (nSPS) is 11.1. The zero-order valence-corrected chi connectivity index (χ0v) is 20.2. The number of likely N-dealkylation sites (N-methyl/N-ethyl adjacent to an activating group) is 1. The molecule has 0 heterocycles. The first-order valence-corrected chi connectivity index (χ1v) is 10.8. The molecule has 0 radical (unpaired) electrons. The molecule has 30 heavy (non-hydrogen) atoms. The highest BCUT2D eigenvalue weighted by Crippen LogP contribution is 2.28. The molecule has 0 saturated carbocycles. The van der Waals surface area contributed by atoms with Gasteiger partial charge in [0.1, 0.15) is 5.70 Å². The average Bonchev–Trinajstić information content (AvgIpc) is 2.75. The van der Waals surface area contributed by atoms with Crippen LogP contribution in [0.15, 0.2) is 42.1 Å². The van der Waals surface area contributed by atoms with E-state index in [-0.39, 0.29) is 11.6 Å². The van der Waals surface area contributed by atoms with E-state index in [2.05, 4.69) is 27.9 Å². The van der Waals surface area contributed by atoms with Crippen LogP contribution in [0.2, 0.25) is 5.02 Å². The van der Waals surface area contributed by atoms with Crippen molar-refractivity contribution in [3.05, 3.63) is 61.8 Å². The molecule has 2 rings (SSSR count). The quantitative estimate of drug-likeness (QED) is 0.391. The number of carbonyl (C=O) groups excluding carboxylic acids is 2. The molecule has 0 atom stereocenters. The first-order chi connectivity index (χ1) is 14.3. The fraction of sp³-hybridized carbons (Fsp3) is 0.273. The van der Waals surface area contributed by atoms with Gasteiger partial charge in [-0.1, -0.05) is 17.7 Å². The summed E-state index contributed by atoms with van der Waals surface area (Å²) in [6.07, 6.45) is 1.61. The molecule has 0 unspecified atom stereocenters. The second-order valence-corrected chi connectivity index (χ2v) is 7.88. The maximum Gasteiger partial charge on any atom is 0.270 e. The highest BCUT2D eigenvalue weighted by molar-refractivity contribution is 14.1. The van der Waals surface area contributed by atoms with Gasteiger partial charge in [0, 0.05) is 16.7 Å². The number of amides is 2. The van der Waals surface area contributed by atoms with Crippen LogP contribution in [0.3, 0.4) is 0 Å². The van der Waals surface area contributed by atoms with Gasteiger partial charge in [-0.2, -0.15) is 0 Å². The van der Waals surface area contributed by atoms with Gasteiger partial charge in [0.15, 0.2) is 11.5 Å². The van der Waals surface area contributed by atoms with E-state index in [4.69, 9.17) is 21.1 Å². The van der Waals surface area contributed by atoms with Crippen molar-refractivity contribution in [1.29, 1.82) is 0 Å². The van der Waals surface area contributed by atoms with Crippen LogP contribution in [-0.4, -0.2) is 44.0 Å². The van der Waals surface area contributed by atoms with Crippen LogP contribution in [0.25, 0.3) is 6.08 Å². The van der Waals surface area contributed by atoms with Gasteiger partial charge in [-0.25, -0.2) is 0 Å². The van der Waals surface area contributed by atoms with Gasteiger partial charge in [-0.15, -0.1) is 0 Å². The number of methoxy groups -OCH3 is 2. The zero-order chi connectivity index (χ0) is 22.3. The number of carbonyl (C=O) groups is 2. The van der Waals surface area contributed by atoms with Gasteiger partial charge in [-0.05, 0) is 78.4 Å². The molecular formula is C22H24ClIN2O4. The lowest BCUT2D eigenvalue weighted by molar-refractivity contribution is -0.127. The molecule has 0 aliphatic rings. The first-order valence-electron chi connectivity index (χ1n) is 9.33. The van der Waals surface area contributed by atoms with Crippen molar-refractivity contribution >= 4 is 52.1 Å². The van der Waals surface area contributed by atoms with E-state index >= 15 is 0 Å². The third-order valence-corrected chi connectivity index (χ3v) is 5.42. The van der Waals surface area contributed by atoms with E-state index in [1.807, 2.05) is 13.8 Å². The Morgan fingerprint density at radius 1 is 1.07 bits per heavy atom. The number of nitrogens with zero attached hydrogens (tertiary/aromatic N) is 1. The lowest BCUT2D eigenvalue weighted by Gasteiger charge is -2.21. The molecule has 0 aromatic heterocycles. The van der Waals surface area contributed by atoms with Gasteiger partial charge in [-0.3, -0.25) is 9.59 Å². The van der Waals surface area contributed by atoms with Gasteiger partial charge in [0.05, 0.1) is 24.8 Å². The number of benzene rings is 2. The Kier molecular flexibility index (Phi) is 8.98. The molecule has 0 bridgehead atoms. The fourth-order valence-electron chi connectivity index (χ4n) is 2.80. The van der Waals surface area contributed by atoms with E-state index in [9.17, 15) is 9.59 Å². The number of hydrogen-bond donors (Lipinski definition) is 1. The van der Waals surface area contributed by atoms with Crippen molar-refractivity contribution in [3.63, 3.8) is 0 Å². The number of rotatable bonds is 8. The number of nitrogens with one attached hydrogen (secondary N) is 1. The van der Waals surface area contributed by atoms with Crippen LogP contribution in [0.1, 0.15) is 29.8 Å². The van der Waals surface area contributed by atoms with Gasteiger partial charge in [0.25, 0.3) is 11.8 Å². The Morgan fingerprint density at radius 2 is 1.73 bits per heavy atom. The molecule has 0 aliphatic carbocycles. The standard InChI is InChI=1S/C22H24ClIN2O4/c1-5-26(6-2)22(28)18(11-14-7-10-19(29-3)20(12-14)30-4)25-21(27)16-13-15(24)8-9-17(16)23/h7-13H,5-6H2,1-4H3,(H,25,27)/b18-11-. The second-order valence-electron chi connectivity index (χ2n) is 6.23. The number of hydrogen-bond acceptors (Lipinski definition) is 4. The first kappa shape index (κ1) is 24.0. The monoisotopic (exact) mass is 542 g/mol. The number of ether oxygens (including phenoxy) is 2. The molecule has 8 heteroatoms. The smallest absolute Gasteiger partial charge is 0.270 e. The minimum atomic E-state index is -0.453. The van der Waals surface area contributed by atoms with Gasteiger partial charge >= 0.3 is 0 Å². The van der Waals surface area contributed by atoms with Gasteiger partial charge in [0.2, 0.25) is 0 Å². The third-order valence-electron chi connectivity index (χ3n) is 4.42. The molecule has 0 aliphatic heterocycles. The average molecular weight is 543 g/mol. The molecule has 160 valence electrons. The van der Waals surface area contributed by atoms with Crippen molar-refractivity contribution < 1.29 is 19.1 Å². The molecule has 0 spiro atoms. The molecule has 0 saturated heterocycles. The molecule has 1 N–H and O–H groups in total. The maximum atomic E-state index is 13.1. The van der Waals surface area contributed by atoms with E-state index in [0.29, 0.717) is 40.7 Å². The van der Waals surface area contributed by atoms with Crippen molar-refractivity contribution in [2.45, 2.75) is 13.8 Å². The molecule has 0 fully saturated rings. The Labute approximate surface area is 195 Å². The van der Waals surface area contributed by atoms with E-state index in [1.165, 1.54) is 7.11 Å². The minimum absolute atomic E-state index is 0.144. The van der Waals surface area contributed by atoms with E-state index in [0.717, 1.165) is 3.57 Å². The summed E-state index contributed by atoms with van der Waals surface area (Å²) in [6, 6.07) is 10.4. The topological polar surface area (TPSA) is 67.9 Å². The minimum Gasteiger partial charge on any atom is -0.493 e. The summed E-state index contributed by atoms with van der Waals surface area (Å²) in [5, 5.41) is 3.05. The van der Waals surface area contributed by atoms with Crippen molar-refractivity contribution in [1.82, 2.24) is 10.2 Å². The number of halogens is 2. The predicted molar refractivity (Wildman–Crippen MR) is 127 cm³/mol. The van der Waals surface area contributed by atoms with Crippen molar-refractivity contribution in [2.75, 3.05) is 27.3 Å². The second kappa shape index (κ2) is 11.2. The lowest BCUT2D eigenvalue weighted by Crippen LogP contribution is -2.38. The van der Waals surface area contributed by atoms with Crippen molar-refractivity contribution in [2.24, 2.45) is 0 Å². The van der Waals surface area contributed by atoms with Crippen LogP contribution in [0.5, 0.6) is 11.5 Å². The Morgan fingerprint density at radius 3 is 2.33 bits per heavy atom. The van der Waals surface area contributed by atoms with Crippen LogP contribution < -0.4 is 14.8 Å². The SMILES string of the molecule is CCN(CC)C(=O)/C(=C/c1ccc(OC)c(OC)c1)NC(=O)c1cc(I)ccc1Cl. The highest BCUT2D eigenvalue weighted by Gasteiger charge is 2.20. The fourth-order valence-corrected chi connectivity index (χ4v) is 3.50. The molecular weight excluding hydrogens is 519 g/mol. The molecule has 2 aromatic carbocycles. The summed E-state index contributed by atoms with van der Waals surface area (Å²) in [7, 11) is 3.09. The molecule has 2 aromatic rings. The Balaban J connectivity index is 2.47. The predicted octanol–water partition coefficient (Wildman–Crippen LogP) is 4.60. The highest BCUT2D eigenvalue weighted by atomic mass is 127. The molecule has 6 nitrogen and oxygen atoms in total.